The Bertz CT molecular complexity index is 8700. The minimum Gasteiger partial charge on any atom is -0.476 e. The Balaban J connectivity index is 0.000000133. The van der Waals surface area contributed by atoms with Crippen LogP contribution in [0.5, 0.6) is 0 Å². The van der Waals surface area contributed by atoms with Crippen molar-refractivity contribution in [1.82, 2.24) is 66.9 Å². The molecule has 4 aliphatic heterocycles. The van der Waals surface area contributed by atoms with Gasteiger partial charge >= 0.3 is 24.1 Å². The molecule has 4 aliphatic rings. The quantitative estimate of drug-likeness (QED) is 0.0301. The SMILES string of the molecule is Cc1ccc(S(=O)(=O)NC(=O)Nc2ccc(-n3c(C)nc4cc(C5=NCCN5C)ccc4c3=O)cc2)s1.Cc1ccc(S(=O)(=O)NC(=O)Nc2ccc(-n3c(C)nc4cc(C5=NCCO5)ccc4c3=O)cc2)s1.Cc1ccc(S(=O)(=O)NC(=O)Nc2ccc(-n3c(C)nc4cc5c(cc4c3=O)CCN5)cc2)s1.Cc1nc2cc(NCCN3CCCC3)ccc2c(=O)n1-c1ccc(NC(=O)NS(=O)(=O)c2ccc(Cl)s2)cc1. The number of hydrogen-bond acceptors (Lipinski definition) is 31. The molecule has 20 rings (SSSR count). The molecule has 1 saturated heterocycles. The molecule has 0 bridgehead atoms. The number of rotatable bonds is 22. The number of nitrogens with one attached hydrogen (secondary N) is 10. The van der Waals surface area contributed by atoms with Crippen LogP contribution in [0.3, 0.4) is 0 Å². The van der Waals surface area contributed by atoms with Gasteiger partial charge < -0.3 is 46.4 Å². The highest BCUT2D eigenvalue weighted by atomic mass is 35.5. The van der Waals surface area contributed by atoms with Gasteiger partial charge in [-0.3, -0.25) is 42.4 Å². The molecule has 39 nitrogen and oxygen atoms in total. The maximum absolute atomic E-state index is 13.3. The predicted octanol–water partition coefficient (Wildman–Crippen LogP) is 14.6. The van der Waals surface area contributed by atoms with Crippen molar-refractivity contribution in [3.63, 3.8) is 0 Å². The van der Waals surface area contributed by atoms with Crippen LogP contribution in [-0.4, -0.2) is 184 Å². The highest BCUT2D eigenvalue weighted by Gasteiger charge is 2.28. The molecule has 0 aliphatic carbocycles. The van der Waals surface area contributed by atoms with Gasteiger partial charge in [0.15, 0.2) is 0 Å². The molecule has 0 spiro atoms. The number of fused-ring (bicyclic) bond motifs is 5. The summed E-state index contributed by atoms with van der Waals surface area (Å²) in [7, 11) is -13.9. The zero-order chi connectivity index (χ0) is 103. The first-order valence-electron chi connectivity index (χ1n) is 45.3. The summed E-state index contributed by atoms with van der Waals surface area (Å²) in [6.45, 7) is 20.1. The number of carbonyl (C=O) groups excluding carboxylic acids is 4. The van der Waals surface area contributed by atoms with E-state index in [0.29, 0.717) is 136 Å². The van der Waals surface area contributed by atoms with Crippen LogP contribution in [0.25, 0.3) is 66.4 Å². The number of aliphatic imine (C=N–C) groups is 2. The van der Waals surface area contributed by atoms with E-state index >= 15 is 0 Å². The number of carbonyl (C=O) groups is 4. The van der Waals surface area contributed by atoms with Gasteiger partial charge in [0.05, 0.1) is 83.8 Å². The fourth-order valence-corrected chi connectivity index (χ4v) is 25.5. The maximum atomic E-state index is 13.3. The molecule has 0 atom stereocenters. The first-order valence-corrected chi connectivity index (χ1v) is 54.8. The lowest BCUT2D eigenvalue weighted by Crippen LogP contribution is -2.34. The normalized spacial score (nSPS) is 13.5. The fraction of sp³-hybridized carbons (Fsp3) is 0.204. The summed E-state index contributed by atoms with van der Waals surface area (Å²) < 4.78 is 119. The third kappa shape index (κ3) is 23.4. The van der Waals surface area contributed by atoms with E-state index in [1.165, 1.54) is 61.4 Å². The zero-order valence-corrected chi connectivity index (χ0v) is 86.4. The number of amides is 8. The Kier molecular flexibility index (Phi) is 30.1. The third-order valence-corrected chi connectivity index (χ3v) is 34.9. The highest BCUT2D eigenvalue weighted by Crippen LogP contribution is 2.32. The molecule has 146 heavy (non-hydrogen) atoms. The number of halogens is 1. The molecule has 0 saturated carbocycles. The van der Waals surface area contributed by atoms with E-state index in [9.17, 15) is 72.0 Å². The molecule has 752 valence electrons. The van der Waals surface area contributed by atoms with Gasteiger partial charge in [0.25, 0.3) is 62.3 Å². The van der Waals surface area contributed by atoms with E-state index in [0.717, 1.165) is 146 Å². The summed E-state index contributed by atoms with van der Waals surface area (Å²) in [5.74, 6) is 3.47. The van der Waals surface area contributed by atoms with Crippen molar-refractivity contribution in [3.05, 3.63) is 313 Å². The number of aryl methyl sites for hydroxylation is 7. The highest BCUT2D eigenvalue weighted by molar-refractivity contribution is 7.93. The molecule has 10 N–H and O–H groups in total. The van der Waals surface area contributed by atoms with Gasteiger partial charge in [0, 0.05) is 93.1 Å². The smallest absolute Gasteiger partial charge is 0.333 e. The number of sulfonamides is 4. The van der Waals surface area contributed by atoms with Crippen LogP contribution in [0, 0.1) is 48.5 Å². The van der Waals surface area contributed by atoms with E-state index in [-0.39, 0.29) is 39.1 Å². The van der Waals surface area contributed by atoms with Crippen LogP contribution in [0.2, 0.25) is 4.34 Å². The third-order valence-electron chi connectivity index (χ3n) is 23.4. The summed E-state index contributed by atoms with van der Waals surface area (Å²) in [5, 5.41) is 18.7. The molecular weight excluding hydrogens is 2050 g/mol. The summed E-state index contributed by atoms with van der Waals surface area (Å²) in [4.78, 5) is 137. The van der Waals surface area contributed by atoms with Crippen molar-refractivity contribution in [3.8, 4) is 22.7 Å². The molecule has 8 amide bonds. The second-order valence-corrected chi connectivity index (χ2v) is 47.0. The largest absolute Gasteiger partial charge is 0.476 e. The summed E-state index contributed by atoms with van der Waals surface area (Å²) in [5.41, 5.74) is 9.98. The Labute approximate surface area is 856 Å². The average Bonchev–Trinajstić information content (AvgIpc) is 1.51. The van der Waals surface area contributed by atoms with Crippen molar-refractivity contribution in [1.29, 1.82) is 0 Å². The first-order chi connectivity index (χ1) is 69.7. The van der Waals surface area contributed by atoms with Gasteiger partial charge in [-0.25, -0.2) is 96.7 Å². The number of thiophene rings is 4. The lowest BCUT2D eigenvalue weighted by atomic mass is 10.1. The maximum Gasteiger partial charge on any atom is 0.333 e. The van der Waals surface area contributed by atoms with Crippen LogP contribution in [0.1, 0.15) is 67.5 Å². The van der Waals surface area contributed by atoms with Crippen molar-refractivity contribution < 1.29 is 57.6 Å². The lowest BCUT2D eigenvalue weighted by molar-refractivity contribution is 0.255. The Morgan fingerprint density at radius 3 is 1.13 bits per heavy atom. The Morgan fingerprint density at radius 1 is 0.397 bits per heavy atom. The Morgan fingerprint density at radius 2 is 0.760 bits per heavy atom. The van der Waals surface area contributed by atoms with E-state index in [2.05, 4.69) is 71.6 Å². The second kappa shape index (κ2) is 43.0. The van der Waals surface area contributed by atoms with Crippen LogP contribution in [-0.2, 0) is 51.3 Å². The summed E-state index contributed by atoms with van der Waals surface area (Å²) in [6.07, 6.45) is 3.38. The van der Waals surface area contributed by atoms with Gasteiger partial charge in [-0.05, 0) is 293 Å². The number of anilines is 6. The number of benzene rings is 8. The number of nitrogens with zero attached hydrogens (tertiary/aromatic N) is 12. The van der Waals surface area contributed by atoms with Gasteiger partial charge in [-0.15, -0.1) is 45.3 Å². The van der Waals surface area contributed by atoms with Crippen LogP contribution in [0.4, 0.5) is 53.3 Å². The molecule has 48 heteroatoms. The van der Waals surface area contributed by atoms with Crippen molar-refractivity contribution in [2.45, 2.75) is 84.6 Å². The molecule has 16 aromatic rings. The van der Waals surface area contributed by atoms with E-state index in [4.69, 9.17) is 16.3 Å². The predicted molar refractivity (Wildman–Crippen MR) is 570 cm³/mol. The molecule has 12 heterocycles. The monoisotopic (exact) mass is 2140 g/mol. The van der Waals surface area contributed by atoms with E-state index in [1.54, 1.807) is 194 Å². The van der Waals surface area contributed by atoms with Crippen LogP contribution < -0.4 is 73.0 Å². The number of likely N-dealkylation sites (tertiary alicyclic amines) is 1. The van der Waals surface area contributed by atoms with E-state index < -0.39 is 64.2 Å². The van der Waals surface area contributed by atoms with Gasteiger partial charge in [0.1, 0.15) is 52.6 Å². The zero-order valence-electron chi connectivity index (χ0n) is 79.1. The molecule has 0 unspecified atom stereocenters. The Hall–Kier alpha value is -15.2. The number of likely N-dealkylation sites (N-methyl/N-ethyl adjacent to an activating group) is 1. The molecular formula is C98H93ClN22O17S8. The lowest BCUT2D eigenvalue weighted by Gasteiger charge is -2.16. The number of urea groups is 4. The number of amidine groups is 1. The van der Waals surface area contributed by atoms with Crippen LogP contribution in [0.15, 0.2) is 258 Å². The second-order valence-electron chi connectivity index (χ2n) is 33.8. The topological polar surface area (TPSA) is 505 Å². The van der Waals surface area contributed by atoms with Gasteiger partial charge in [-0.2, -0.15) is 0 Å². The van der Waals surface area contributed by atoms with Crippen molar-refractivity contribution >= 4 is 211 Å². The van der Waals surface area contributed by atoms with Crippen LogP contribution >= 0.6 is 56.9 Å². The van der Waals surface area contributed by atoms with Gasteiger partial charge in [0.2, 0.25) is 5.90 Å². The van der Waals surface area contributed by atoms with Gasteiger partial charge in [-0.1, -0.05) is 17.7 Å². The molecule has 8 aromatic carbocycles. The minimum absolute atomic E-state index is 0.0556. The van der Waals surface area contributed by atoms with E-state index in [1.807, 2.05) is 62.3 Å². The first kappa shape index (κ1) is 102. The molecule has 8 aromatic heterocycles. The summed E-state index contributed by atoms with van der Waals surface area (Å²) in [6, 6.07) is 54.6. The molecule has 1 fully saturated rings. The van der Waals surface area contributed by atoms with Crippen molar-refractivity contribution in [2.75, 3.05) is 97.9 Å². The fourth-order valence-electron chi connectivity index (χ4n) is 16.5. The molecule has 0 radical (unpaired) electrons. The summed E-state index contributed by atoms with van der Waals surface area (Å²) >= 11 is 9.87. The average molecular weight is 2140 g/mol. The standard InChI is InChI=1S/C26H27ClN6O4S2.C25H24N6O4S2.C24H21N5O5S2.C23H21N5O4S2/c1-17-29-22-16-19(28-12-15-32-13-2-3-14-32)6-9-21(22)25(34)33(17)20-7-4-18(5-8-20)30-26(35)31-39(36,37)24-11-10-23(27)38-24;1-15-4-11-22(36-15)37(34,35)29-25(33)28-18-6-8-19(9-7-18)31-16(2)27-21-14-17(5-10-20(21)24(31)32)23-26-12-13-30(23)3;1-14-3-10-21(35-14)36(32,33)28-24(31)27-17-5-7-18(8-6-17)29-15(2)26-20-13-16(22-25-11-12-34-22)4-9-19(20)23(29)30;1-13-3-8-21(33-13)34(31,32)27-23(30)26-16-4-6-17(7-5-16)28-14(2)25-20-12-19-15(9-10-24-19)11-18(20)22(28)29/h4-11,16,28H,2-3,12-15H2,1H3,(H2,30,31,35);4-11,14H,12-13H2,1-3H3,(H2,28,29,33);3-10,13H,11-12H2,1-2H3,(H2,27,28,31);3-8,11-12,24H,9-10H2,1-2H3,(H2,26,27,30). The van der Waals surface area contributed by atoms with Crippen molar-refractivity contribution in [2.24, 2.45) is 9.98 Å². The minimum atomic E-state index is -4.04. The number of hydrogen-bond donors (Lipinski definition) is 10. The number of ether oxygens (including phenoxy) is 1. The number of aromatic nitrogens is 8.